The second-order valence-corrected chi connectivity index (χ2v) is 3.58. The van der Waals surface area contributed by atoms with Crippen molar-refractivity contribution in [1.29, 1.82) is 0 Å². The van der Waals surface area contributed by atoms with Crippen molar-refractivity contribution in [1.82, 2.24) is 0 Å². The van der Waals surface area contributed by atoms with Crippen molar-refractivity contribution in [3.63, 3.8) is 0 Å². The third-order valence-electron chi connectivity index (χ3n) is 2.46. The molecule has 0 aromatic heterocycles. The van der Waals surface area contributed by atoms with E-state index in [1.165, 1.54) is 14.0 Å². The minimum absolute atomic E-state index is 0.454. The van der Waals surface area contributed by atoms with E-state index in [2.05, 4.69) is 10.1 Å². The fraction of sp³-hybridized carbons (Fsp3) is 0.273. The molecule has 16 heavy (non-hydrogen) atoms. The molecule has 2 rings (SSSR count). The summed E-state index contributed by atoms with van der Waals surface area (Å²) < 4.78 is 9.95. The highest BCUT2D eigenvalue weighted by Crippen LogP contribution is 2.33. The number of ether oxygens (including phenoxy) is 2. The number of amides is 1. The standard InChI is InChI=1S/C11H11NO4/c1-11(10(14)15-2)9(13)12-7-5-3-4-6-8(7)16-11/h3-6H,1-2H3,(H,12,13). The van der Waals surface area contributed by atoms with Crippen LogP contribution in [0.3, 0.4) is 0 Å². The molecule has 0 spiro atoms. The molecule has 1 aliphatic rings. The first-order chi connectivity index (χ1) is 7.58. The minimum Gasteiger partial charge on any atom is -0.466 e. The summed E-state index contributed by atoms with van der Waals surface area (Å²) in [6.07, 6.45) is 0. The third-order valence-corrected chi connectivity index (χ3v) is 2.46. The van der Waals surface area contributed by atoms with E-state index in [-0.39, 0.29) is 0 Å². The number of esters is 1. The molecule has 0 bridgehead atoms. The summed E-state index contributed by atoms with van der Waals surface area (Å²) in [6.45, 7) is 1.38. The molecule has 1 aliphatic heterocycles. The van der Waals surface area contributed by atoms with Crippen LogP contribution in [0.1, 0.15) is 6.92 Å². The molecule has 0 saturated carbocycles. The van der Waals surface area contributed by atoms with Gasteiger partial charge >= 0.3 is 5.97 Å². The molecule has 0 saturated heterocycles. The van der Waals surface area contributed by atoms with Crippen molar-refractivity contribution in [3.05, 3.63) is 24.3 Å². The summed E-state index contributed by atoms with van der Waals surface area (Å²) in [5.41, 5.74) is -1.07. The van der Waals surface area contributed by atoms with Crippen molar-refractivity contribution in [2.24, 2.45) is 0 Å². The Kier molecular flexibility index (Phi) is 2.30. The summed E-state index contributed by atoms with van der Waals surface area (Å²) in [7, 11) is 1.21. The maximum atomic E-state index is 11.7. The van der Waals surface area contributed by atoms with Gasteiger partial charge in [-0.2, -0.15) is 0 Å². The van der Waals surface area contributed by atoms with Crippen molar-refractivity contribution in [2.45, 2.75) is 12.5 Å². The van der Waals surface area contributed by atoms with Crippen LogP contribution >= 0.6 is 0 Å². The summed E-state index contributed by atoms with van der Waals surface area (Å²) >= 11 is 0. The molecule has 1 amide bonds. The summed E-state index contributed by atoms with van der Waals surface area (Å²) in [6, 6.07) is 6.90. The van der Waals surface area contributed by atoms with Gasteiger partial charge in [-0.05, 0) is 19.1 Å². The Labute approximate surface area is 92.4 Å². The normalized spacial score (nSPS) is 22.8. The lowest BCUT2D eigenvalue weighted by atomic mass is 10.0. The van der Waals surface area contributed by atoms with E-state index in [0.717, 1.165) is 0 Å². The van der Waals surface area contributed by atoms with Gasteiger partial charge in [0.25, 0.3) is 11.5 Å². The van der Waals surface area contributed by atoms with Crippen LogP contribution in [0, 0.1) is 0 Å². The molecule has 0 aliphatic carbocycles. The Morgan fingerprint density at radius 3 is 2.81 bits per heavy atom. The van der Waals surface area contributed by atoms with Crippen molar-refractivity contribution < 1.29 is 19.1 Å². The fourth-order valence-electron chi connectivity index (χ4n) is 1.50. The van der Waals surface area contributed by atoms with Crippen LogP contribution in [0.2, 0.25) is 0 Å². The van der Waals surface area contributed by atoms with Crippen LogP contribution in [0.15, 0.2) is 24.3 Å². The SMILES string of the molecule is COC(=O)C1(C)Oc2ccccc2NC1=O. The van der Waals surface area contributed by atoms with Crippen LogP contribution in [0.25, 0.3) is 0 Å². The number of anilines is 1. The monoisotopic (exact) mass is 221 g/mol. The second kappa shape index (κ2) is 3.52. The van der Waals surface area contributed by atoms with Gasteiger partial charge in [-0.3, -0.25) is 4.79 Å². The zero-order chi connectivity index (χ0) is 11.8. The largest absolute Gasteiger partial charge is 0.466 e. The average Bonchev–Trinajstić information content (AvgIpc) is 2.29. The van der Waals surface area contributed by atoms with Crippen LogP contribution < -0.4 is 10.1 Å². The van der Waals surface area contributed by atoms with E-state index in [4.69, 9.17) is 4.74 Å². The highest BCUT2D eigenvalue weighted by molar-refractivity contribution is 6.13. The molecule has 1 N–H and O–H groups in total. The number of fused-ring (bicyclic) bond motifs is 1. The Morgan fingerprint density at radius 1 is 1.44 bits per heavy atom. The van der Waals surface area contributed by atoms with Gasteiger partial charge in [-0.15, -0.1) is 0 Å². The van der Waals surface area contributed by atoms with Crippen LogP contribution in [-0.4, -0.2) is 24.6 Å². The fourth-order valence-corrected chi connectivity index (χ4v) is 1.50. The molecule has 1 unspecified atom stereocenters. The molecule has 1 heterocycles. The molecule has 5 nitrogen and oxygen atoms in total. The van der Waals surface area contributed by atoms with Crippen LogP contribution in [0.4, 0.5) is 5.69 Å². The molecular weight excluding hydrogens is 210 g/mol. The lowest BCUT2D eigenvalue weighted by Crippen LogP contribution is -2.54. The Bertz CT molecular complexity index is 457. The highest BCUT2D eigenvalue weighted by atomic mass is 16.6. The number of carbonyl (C=O) groups excluding carboxylic acids is 2. The maximum Gasteiger partial charge on any atom is 0.359 e. The van der Waals surface area contributed by atoms with Crippen molar-refractivity contribution in [3.8, 4) is 5.75 Å². The molecule has 1 aromatic carbocycles. The zero-order valence-corrected chi connectivity index (χ0v) is 8.94. The number of rotatable bonds is 1. The summed E-state index contributed by atoms with van der Waals surface area (Å²) in [4.78, 5) is 23.2. The Hall–Kier alpha value is -2.04. The van der Waals surface area contributed by atoms with Gasteiger partial charge in [0.1, 0.15) is 5.75 Å². The molecule has 0 radical (unpaired) electrons. The lowest BCUT2D eigenvalue weighted by molar-refractivity contribution is -0.162. The first-order valence-electron chi connectivity index (χ1n) is 4.76. The maximum absolute atomic E-state index is 11.7. The van der Waals surface area contributed by atoms with Gasteiger partial charge in [-0.1, -0.05) is 12.1 Å². The van der Waals surface area contributed by atoms with E-state index in [1.807, 2.05) is 0 Å². The van der Waals surface area contributed by atoms with E-state index >= 15 is 0 Å². The predicted molar refractivity (Wildman–Crippen MR) is 56.1 cm³/mol. The van der Waals surface area contributed by atoms with Gasteiger partial charge in [0.15, 0.2) is 0 Å². The number of hydrogen-bond acceptors (Lipinski definition) is 4. The zero-order valence-electron chi connectivity index (χ0n) is 8.94. The number of benzene rings is 1. The van der Waals surface area contributed by atoms with E-state index < -0.39 is 17.5 Å². The first kappa shape index (κ1) is 10.5. The lowest BCUT2D eigenvalue weighted by Gasteiger charge is -2.31. The van der Waals surface area contributed by atoms with Gasteiger partial charge < -0.3 is 14.8 Å². The highest BCUT2D eigenvalue weighted by Gasteiger charge is 2.48. The number of hydrogen-bond donors (Lipinski definition) is 1. The topological polar surface area (TPSA) is 64.6 Å². The molecular formula is C11H11NO4. The number of para-hydroxylation sites is 2. The number of carbonyl (C=O) groups is 2. The van der Waals surface area contributed by atoms with E-state index in [1.54, 1.807) is 24.3 Å². The smallest absolute Gasteiger partial charge is 0.359 e. The van der Waals surface area contributed by atoms with Gasteiger partial charge in [0, 0.05) is 0 Å². The molecule has 5 heteroatoms. The second-order valence-electron chi connectivity index (χ2n) is 3.58. The first-order valence-corrected chi connectivity index (χ1v) is 4.76. The average molecular weight is 221 g/mol. The van der Waals surface area contributed by atoms with Crippen molar-refractivity contribution in [2.75, 3.05) is 12.4 Å². The Balaban J connectivity index is 2.41. The van der Waals surface area contributed by atoms with Crippen molar-refractivity contribution >= 4 is 17.6 Å². The summed E-state index contributed by atoms with van der Waals surface area (Å²) in [5.74, 6) is -0.799. The Morgan fingerprint density at radius 2 is 2.12 bits per heavy atom. The van der Waals surface area contributed by atoms with Crippen LogP contribution in [-0.2, 0) is 14.3 Å². The summed E-state index contributed by atoms with van der Waals surface area (Å²) in [5, 5.41) is 2.60. The quantitative estimate of drug-likeness (QED) is 0.566. The number of nitrogens with one attached hydrogen (secondary N) is 1. The van der Waals surface area contributed by atoms with E-state index in [0.29, 0.717) is 11.4 Å². The minimum atomic E-state index is -1.62. The van der Waals surface area contributed by atoms with Crippen LogP contribution in [0.5, 0.6) is 5.75 Å². The molecule has 1 aromatic rings. The van der Waals surface area contributed by atoms with Gasteiger partial charge in [-0.25, -0.2) is 4.79 Å². The molecule has 0 fully saturated rings. The predicted octanol–water partition coefficient (Wildman–Crippen LogP) is 0.949. The molecule has 1 atom stereocenters. The number of methoxy groups -OCH3 is 1. The van der Waals surface area contributed by atoms with Gasteiger partial charge in [0.2, 0.25) is 0 Å². The van der Waals surface area contributed by atoms with Gasteiger partial charge in [0.05, 0.1) is 12.8 Å². The third kappa shape index (κ3) is 1.41. The molecule has 84 valence electrons. The van der Waals surface area contributed by atoms with E-state index in [9.17, 15) is 9.59 Å².